The Kier molecular flexibility index (Phi) is 7.01. The molecule has 3 heterocycles. The summed E-state index contributed by atoms with van der Waals surface area (Å²) in [6, 6.07) is 15.6. The molecule has 0 unspecified atom stereocenters. The molecular weight excluding hydrogens is 441 g/mol. The van der Waals surface area contributed by atoms with Crippen LogP contribution in [0.15, 0.2) is 67.1 Å². The van der Waals surface area contributed by atoms with Crippen LogP contribution in [0, 0.1) is 12.8 Å². The molecule has 0 N–H and O–H groups in total. The molecule has 0 aromatic carbocycles. The van der Waals surface area contributed by atoms with Crippen LogP contribution in [0.1, 0.15) is 0 Å². The van der Waals surface area contributed by atoms with Crippen molar-refractivity contribution in [2.45, 2.75) is 0 Å². The van der Waals surface area contributed by atoms with Crippen LogP contribution in [0.25, 0.3) is 22.6 Å². The van der Waals surface area contributed by atoms with Crippen molar-refractivity contribution in [1.29, 1.82) is 0 Å². The smallest absolute Gasteiger partial charge is 1.00 e. The van der Waals surface area contributed by atoms with Gasteiger partial charge in [-0.05, 0) is 36.4 Å². The van der Waals surface area contributed by atoms with Gasteiger partial charge in [0.15, 0.2) is 0 Å². The molecule has 21 heavy (non-hydrogen) atoms. The average Bonchev–Trinajstić information content (AvgIpc) is 2.58. The Bertz CT molecular complexity index is 623. The van der Waals surface area contributed by atoms with Gasteiger partial charge in [0.1, 0.15) is 0 Å². The van der Waals surface area contributed by atoms with Crippen molar-refractivity contribution in [3.8, 4) is 22.6 Å². The minimum absolute atomic E-state index is 0. The molecule has 4 heteroatoms. The van der Waals surface area contributed by atoms with Crippen LogP contribution in [0.4, 0.5) is 0 Å². The van der Waals surface area contributed by atoms with Crippen LogP contribution in [0.5, 0.6) is 0 Å². The molecular formula is C17H11N3Pt. The minimum atomic E-state index is 0. The topological polar surface area (TPSA) is 38.7 Å². The maximum atomic E-state index is 5.00. The first-order valence-corrected chi connectivity index (χ1v) is 5.98. The van der Waals surface area contributed by atoms with Crippen molar-refractivity contribution < 1.29 is 21.1 Å². The molecule has 0 atom stereocenters. The van der Waals surface area contributed by atoms with E-state index in [1.165, 1.54) is 0 Å². The van der Waals surface area contributed by atoms with Gasteiger partial charge in [0.25, 0.3) is 0 Å². The molecule has 0 aliphatic rings. The fourth-order valence-corrected chi connectivity index (χ4v) is 1.84. The first-order chi connectivity index (χ1) is 9.95. The van der Waals surface area contributed by atoms with E-state index in [0.717, 1.165) is 22.6 Å². The molecule has 0 saturated heterocycles. The summed E-state index contributed by atoms with van der Waals surface area (Å²) >= 11 is 0. The number of rotatable bonds is 2. The summed E-state index contributed by atoms with van der Waals surface area (Å²) in [5.74, 6) is 0. The molecule has 104 valence electrons. The molecule has 0 spiro atoms. The van der Waals surface area contributed by atoms with E-state index in [9.17, 15) is 0 Å². The number of pyridine rings is 3. The first-order valence-electron chi connectivity index (χ1n) is 5.98. The van der Waals surface area contributed by atoms with Crippen LogP contribution in [-0.2, 0) is 21.1 Å². The van der Waals surface area contributed by atoms with E-state index in [-0.39, 0.29) is 21.1 Å². The van der Waals surface area contributed by atoms with Crippen molar-refractivity contribution in [3.05, 3.63) is 80.0 Å². The van der Waals surface area contributed by atoms with E-state index in [4.69, 9.17) is 12.8 Å². The zero-order valence-electron chi connectivity index (χ0n) is 11.0. The van der Waals surface area contributed by atoms with Crippen LogP contribution in [0.3, 0.4) is 0 Å². The summed E-state index contributed by atoms with van der Waals surface area (Å²) in [5, 5.41) is 0. The maximum Gasteiger partial charge on any atom is 2.00 e. The van der Waals surface area contributed by atoms with Crippen LogP contribution < -0.4 is 0 Å². The van der Waals surface area contributed by atoms with Gasteiger partial charge < -0.3 is 12.8 Å². The summed E-state index contributed by atoms with van der Waals surface area (Å²) in [6.45, 7) is 0. The predicted molar refractivity (Wildman–Crippen MR) is 77.2 cm³/mol. The van der Waals surface area contributed by atoms with E-state index in [1.54, 1.807) is 18.6 Å². The summed E-state index contributed by atoms with van der Waals surface area (Å²) in [6.07, 6.45) is 15.3. The fourth-order valence-electron chi connectivity index (χ4n) is 1.84. The third kappa shape index (κ3) is 4.08. The Labute approximate surface area is 138 Å². The molecule has 0 aliphatic heterocycles. The Morgan fingerprint density at radius 2 is 1.19 bits per heavy atom. The molecule has 3 aromatic rings. The molecule has 0 saturated carbocycles. The second-order valence-electron chi connectivity index (χ2n) is 3.83. The Morgan fingerprint density at radius 1 is 0.619 bits per heavy atom. The Hall–Kier alpha value is -2.30. The van der Waals surface area contributed by atoms with Gasteiger partial charge in [0, 0.05) is 24.2 Å². The summed E-state index contributed by atoms with van der Waals surface area (Å²) in [4.78, 5) is 13.1. The fraction of sp³-hybridized carbons (Fsp3) is 0. The second kappa shape index (κ2) is 8.79. The van der Waals surface area contributed by atoms with Gasteiger partial charge in [-0.25, -0.2) is 0 Å². The molecule has 0 fully saturated rings. The third-order valence-electron chi connectivity index (χ3n) is 2.66. The molecule has 0 bridgehead atoms. The van der Waals surface area contributed by atoms with Gasteiger partial charge in [-0.1, -0.05) is 12.1 Å². The van der Waals surface area contributed by atoms with E-state index in [0.29, 0.717) is 0 Å². The van der Waals surface area contributed by atoms with Crippen LogP contribution in [0.2, 0.25) is 0 Å². The Morgan fingerprint density at radius 3 is 1.76 bits per heavy atom. The van der Waals surface area contributed by atoms with Gasteiger partial charge in [0.2, 0.25) is 0 Å². The molecule has 3 nitrogen and oxygen atoms in total. The van der Waals surface area contributed by atoms with E-state index < -0.39 is 0 Å². The van der Waals surface area contributed by atoms with Gasteiger partial charge >= 0.3 is 21.1 Å². The zero-order chi connectivity index (χ0) is 14.2. The predicted octanol–water partition coefficient (Wildman–Crippen LogP) is 3.37. The van der Waals surface area contributed by atoms with E-state index >= 15 is 0 Å². The van der Waals surface area contributed by atoms with Gasteiger partial charge in [-0.2, -0.15) is 0 Å². The van der Waals surface area contributed by atoms with Crippen molar-refractivity contribution in [2.24, 2.45) is 0 Å². The SMILES string of the molecule is [C-]#[C-].[Pt+2].c1ccc(-c2cccnc2-c2ccccn2)nc1. The number of aromatic nitrogens is 3. The summed E-state index contributed by atoms with van der Waals surface area (Å²) in [5.41, 5.74) is 3.62. The number of nitrogens with zero attached hydrogens (tertiary/aromatic N) is 3. The summed E-state index contributed by atoms with van der Waals surface area (Å²) < 4.78 is 0. The van der Waals surface area contributed by atoms with Gasteiger partial charge in [-0.3, -0.25) is 15.0 Å². The van der Waals surface area contributed by atoms with E-state index in [2.05, 4.69) is 15.0 Å². The normalized spacial score (nSPS) is 8.86. The van der Waals surface area contributed by atoms with Crippen molar-refractivity contribution in [1.82, 2.24) is 15.0 Å². The zero-order valence-corrected chi connectivity index (χ0v) is 13.3. The largest absolute Gasteiger partial charge is 2.00 e. The van der Waals surface area contributed by atoms with Gasteiger partial charge in [-0.15, -0.1) is 0 Å². The standard InChI is InChI=1S/C15H11N3.C2.Pt/c1-3-9-16-13(7-1)12-6-5-11-18-15(12)14-8-2-4-10-17-14;1-2;/h1-11H;;/q;-2;+2. The molecule has 3 rings (SSSR count). The third-order valence-corrected chi connectivity index (χ3v) is 2.66. The van der Waals surface area contributed by atoms with Gasteiger partial charge in [0.05, 0.1) is 17.1 Å². The van der Waals surface area contributed by atoms with Crippen molar-refractivity contribution >= 4 is 0 Å². The maximum absolute atomic E-state index is 5.00. The Balaban J connectivity index is 0.000000706. The van der Waals surface area contributed by atoms with Crippen LogP contribution >= 0.6 is 0 Å². The molecule has 0 amide bonds. The minimum Gasteiger partial charge on any atom is -1.00 e. The molecule has 0 radical (unpaired) electrons. The number of hydrogen-bond acceptors (Lipinski definition) is 3. The second-order valence-corrected chi connectivity index (χ2v) is 3.83. The first kappa shape index (κ1) is 16.8. The van der Waals surface area contributed by atoms with Crippen molar-refractivity contribution in [3.63, 3.8) is 0 Å². The molecule has 3 aromatic heterocycles. The average molecular weight is 452 g/mol. The monoisotopic (exact) mass is 452 g/mol. The van der Waals surface area contributed by atoms with E-state index in [1.807, 2.05) is 48.5 Å². The molecule has 0 aliphatic carbocycles. The number of hydrogen-bond donors (Lipinski definition) is 0. The van der Waals surface area contributed by atoms with Crippen LogP contribution in [-0.4, -0.2) is 15.0 Å². The van der Waals surface area contributed by atoms with Crippen molar-refractivity contribution in [2.75, 3.05) is 0 Å². The summed E-state index contributed by atoms with van der Waals surface area (Å²) in [7, 11) is 0. The quantitative estimate of drug-likeness (QED) is 0.442.